The summed E-state index contributed by atoms with van der Waals surface area (Å²) in [5.41, 5.74) is 6.70. The summed E-state index contributed by atoms with van der Waals surface area (Å²) in [6.45, 7) is 5.28. The van der Waals surface area contributed by atoms with Crippen molar-refractivity contribution in [2.75, 3.05) is 13.2 Å². The Morgan fingerprint density at radius 1 is 1.10 bits per heavy atom. The Hall–Kier alpha value is -1.26. The molecule has 0 unspecified atom stereocenters. The van der Waals surface area contributed by atoms with Gasteiger partial charge in [0.1, 0.15) is 11.5 Å². The molecular weight excluding hydrogens is 362 g/mol. The third kappa shape index (κ3) is 9.86. The van der Waals surface area contributed by atoms with Crippen molar-refractivity contribution >= 4 is 0 Å². The number of phenols is 1. The van der Waals surface area contributed by atoms with Gasteiger partial charge in [-0.1, -0.05) is 71.3 Å². The van der Waals surface area contributed by atoms with E-state index < -0.39 is 5.54 Å². The first kappa shape index (κ1) is 24.0. The fourth-order valence-corrected chi connectivity index (χ4v) is 3.92. The van der Waals surface area contributed by atoms with Crippen LogP contribution in [0.25, 0.3) is 0 Å². The zero-order valence-corrected chi connectivity index (χ0v) is 18.7. The summed E-state index contributed by atoms with van der Waals surface area (Å²) in [5.74, 6) is 2.49. The molecule has 1 atom stereocenters. The van der Waals surface area contributed by atoms with Gasteiger partial charge in [0.15, 0.2) is 0 Å². The van der Waals surface area contributed by atoms with Crippen molar-refractivity contribution in [3.63, 3.8) is 0 Å². The lowest BCUT2D eigenvalue weighted by molar-refractivity contribution is 0.172. The molecule has 166 valence electrons. The Bertz CT molecular complexity index is 585. The molecule has 1 fully saturated rings. The number of aliphatic hydroxyl groups is 1. The largest absolute Gasteiger partial charge is 0.508 e. The third-order valence-electron chi connectivity index (χ3n) is 6.10. The average Bonchev–Trinajstić information content (AvgIpc) is 3.49. The summed E-state index contributed by atoms with van der Waals surface area (Å²) in [6, 6.07) is 5.56. The monoisotopic (exact) mass is 405 g/mol. The molecule has 1 aliphatic carbocycles. The molecular formula is C25H43NO3. The summed E-state index contributed by atoms with van der Waals surface area (Å²) >= 11 is 0. The van der Waals surface area contributed by atoms with Crippen molar-refractivity contribution in [1.29, 1.82) is 0 Å². The normalized spacial score (nSPS) is 16.2. The number of aliphatic hydroxyl groups excluding tert-OH is 1. The number of benzene rings is 1. The fraction of sp³-hybridized carbons (Fsp3) is 0.760. The molecule has 4 nitrogen and oxygen atoms in total. The van der Waals surface area contributed by atoms with Gasteiger partial charge >= 0.3 is 0 Å². The van der Waals surface area contributed by atoms with Crippen molar-refractivity contribution in [1.82, 2.24) is 0 Å². The minimum atomic E-state index is -0.530. The Kier molecular flexibility index (Phi) is 10.3. The van der Waals surface area contributed by atoms with Crippen LogP contribution in [0.3, 0.4) is 0 Å². The molecule has 0 radical (unpaired) electrons. The van der Waals surface area contributed by atoms with E-state index in [-0.39, 0.29) is 12.4 Å². The summed E-state index contributed by atoms with van der Waals surface area (Å²) in [7, 11) is 0. The molecule has 1 saturated carbocycles. The van der Waals surface area contributed by atoms with Gasteiger partial charge in [-0.25, -0.2) is 0 Å². The first-order valence-corrected chi connectivity index (χ1v) is 11.8. The van der Waals surface area contributed by atoms with Gasteiger partial charge in [0.2, 0.25) is 0 Å². The van der Waals surface area contributed by atoms with Gasteiger partial charge in [0.25, 0.3) is 0 Å². The number of aromatic hydroxyl groups is 1. The summed E-state index contributed by atoms with van der Waals surface area (Å²) < 4.78 is 5.80. The van der Waals surface area contributed by atoms with E-state index in [1.807, 2.05) is 12.1 Å². The van der Waals surface area contributed by atoms with Gasteiger partial charge in [0, 0.05) is 11.6 Å². The van der Waals surface area contributed by atoms with Gasteiger partial charge < -0.3 is 20.7 Å². The van der Waals surface area contributed by atoms with Crippen LogP contribution < -0.4 is 10.5 Å². The molecule has 0 amide bonds. The topological polar surface area (TPSA) is 75.7 Å². The SMILES string of the molecule is CC(C)CCCCCCCCOc1ccc(CC[C@@](N)(CO)CC2CC2)c(O)c1. The maximum absolute atomic E-state index is 10.3. The van der Waals surface area contributed by atoms with Crippen LogP contribution in [-0.4, -0.2) is 29.0 Å². The molecule has 1 aliphatic rings. The number of ether oxygens (including phenoxy) is 1. The van der Waals surface area contributed by atoms with Crippen LogP contribution >= 0.6 is 0 Å². The lowest BCUT2D eigenvalue weighted by atomic mass is 9.87. The minimum absolute atomic E-state index is 0.00316. The Labute approximate surface area is 177 Å². The molecule has 0 spiro atoms. The van der Waals surface area contributed by atoms with Crippen LogP contribution in [0, 0.1) is 11.8 Å². The van der Waals surface area contributed by atoms with Crippen molar-refractivity contribution in [3.05, 3.63) is 23.8 Å². The van der Waals surface area contributed by atoms with E-state index in [0.717, 1.165) is 30.1 Å². The minimum Gasteiger partial charge on any atom is -0.508 e. The Morgan fingerprint density at radius 2 is 1.79 bits per heavy atom. The molecule has 2 rings (SSSR count). The van der Waals surface area contributed by atoms with Gasteiger partial charge in [-0.15, -0.1) is 0 Å². The Balaban J connectivity index is 1.62. The second-order valence-electron chi connectivity index (χ2n) is 9.61. The molecule has 0 aromatic heterocycles. The number of phenolic OH excluding ortho intramolecular Hbond substituents is 1. The molecule has 1 aromatic carbocycles. The third-order valence-corrected chi connectivity index (χ3v) is 6.10. The number of nitrogens with two attached hydrogens (primary N) is 1. The standard InChI is InChI=1S/C25H43NO3/c1-20(2)9-7-5-3-4-6-8-16-29-23-13-12-22(24(28)17-23)14-15-25(26,19-27)18-21-10-11-21/h12-13,17,20-21,27-28H,3-11,14-16,18-19,26H2,1-2H3/t25-/m0/s1. The lowest BCUT2D eigenvalue weighted by Gasteiger charge is -2.27. The predicted molar refractivity (Wildman–Crippen MR) is 120 cm³/mol. The molecule has 0 heterocycles. The van der Waals surface area contributed by atoms with E-state index in [4.69, 9.17) is 10.5 Å². The predicted octanol–water partition coefficient (Wildman–Crippen LogP) is 5.58. The van der Waals surface area contributed by atoms with E-state index in [9.17, 15) is 10.2 Å². The zero-order valence-electron chi connectivity index (χ0n) is 18.7. The van der Waals surface area contributed by atoms with Gasteiger partial charge in [-0.2, -0.15) is 0 Å². The molecule has 1 aromatic rings. The van der Waals surface area contributed by atoms with E-state index >= 15 is 0 Å². The van der Waals surface area contributed by atoms with Gasteiger partial charge in [-0.3, -0.25) is 0 Å². The highest BCUT2D eigenvalue weighted by Gasteiger charge is 2.33. The van der Waals surface area contributed by atoms with Crippen LogP contribution in [-0.2, 0) is 6.42 Å². The number of unbranched alkanes of at least 4 members (excludes halogenated alkanes) is 5. The highest BCUT2D eigenvalue weighted by atomic mass is 16.5. The van der Waals surface area contributed by atoms with Crippen LogP contribution in [0.15, 0.2) is 18.2 Å². The van der Waals surface area contributed by atoms with Crippen LogP contribution in [0.4, 0.5) is 0 Å². The maximum atomic E-state index is 10.3. The maximum Gasteiger partial charge on any atom is 0.122 e. The molecule has 29 heavy (non-hydrogen) atoms. The summed E-state index contributed by atoms with van der Waals surface area (Å²) in [5, 5.41) is 20.0. The first-order chi connectivity index (χ1) is 13.9. The highest BCUT2D eigenvalue weighted by molar-refractivity contribution is 5.39. The average molecular weight is 406 g/mol. The number of rotatable bonds is 16. The van der Waals surface area contributed by atoms with E-state index in [1.165, 1.54) is 51.4 Å². The second kappa shape index (κ2) is 12.4. The smallest absolute Gasteiger partial charge is 0.122 e. The first-order valence-electron chi connectivity index (χ1n) is 11.8. The summed E-state index contributed by atoms with van der Waals surface area (Å²) in [4.78, 5) is 0. The molecule has 0 saturated heterocycles. The molecule has 0 bridgehead atoms. The van der Waals surface area contributed by atoms with Gasteiger partial charge in [-0.05, 0) is 49.1 Å². The second-order valence-corrected chi connectivity index (χ2v) is 9.61. The van der Waals surface area contributed by atoms with Crippen LogP contribution in [0.1, 0.15) is 90.0 Å². The van der Waals surface area contributed by atoms with Crippen molar-refractivity contribution in [3.8, 4) is 11.5 Å². The van der Waals surface area contributed by atoms with E-state index in [2.05, 4.69) is 13.8 Å². The number of hydrogen-bond acceptors (Lipinski definition) is 4. The lowest BCUT2D eigenvalue weighted by Crippen LogP contribution is -2.44. The van der Waals surface area contributed by atoms with Crippen LogP contribution in [0.5, 0.6) is 11.5 Å². The van der Waals surface area contributed by atoms with E-state index in [0.29, 0.717) is 25.4 Å². The quantitative estimate of drug-likeness (QED) is 0.314. The highest BCUT2D eigenvalue weighted by Crippen LogP contribution is 2.37. The van der Waals surface area contributed by atoms with Crippen molar-refractivity contribution in [2.24, 2.45) is 17.6 Å². The van der Waals surface area contributed by atoms with Crippen molar-refractivity contribution < 1.29 is 14.9 Å². The number of hydrogen-bond donors (Lipinski definition) is 3. The van der Waals surface area contributed by atoms with Gasteiger partial charge in [0.05, 0.1) is 13.2 Å². The van der Waals surface area contributed by atoms with Crippen molar-refractivity contribution in [2.45, 2.75) is 96.4 Å². The summed E-state index contributed by atoms with van der Waals surface area (Å²) in [6.07, 6.45) is 13.6. The van der Waals surface area contributed by atoms with Crippen LogP contribution in [0.2, 0.25) is 0 Å². The molecule has 4 heteroatoms. The zero-order chi connectivity index (χ0) is 21.1. The molecule has 4 N–H and O–H groups in total. The number of aryl methyl sites for hydroxylation is 1. The molecule has 0 aliphatic heterocycles. The van der Waals surface area contributed by atoms with E-state index in [1.54, 1.807) is 6.07 Å². The fourth-order valence-electron chi connectivity index (χ4n) is 3.92. The Morgan fingerprint density at radius 3 is 2.41 bits per heavy atom.